The minimum absolute atomic E-state index is 0.152. The molecular weight excluding hydrogens is 394 g/mol. The Bertz CT molecular complexity index is 884. The number of quaternary nitrogens is 2. The number of allylic oxidation sites excluding steroid dienone is 1. The Labute approximate surface area is 184 Å². The lowest BCUT2D eigenvalue weighted by Gasteiger charge is -2.29. The minimum atomic E-state index is -0.157. The van der Waals surface area contributed by atoms with E-state index in [0.29, 0.717) is 6.54 Å². The summed E-state index contributed by atoms with van der Waals surface area (Å²) in [5.74, 6) is 0.152. The Hall–Kier alpha value is -1.96. The van der Waals surface area contributed by atoms with Crippen molar-refractivity contribution in [1.82, 2.24) is 14.9 Å². The third-order valence-electron chi connectivity index (χ3n) is 5.70. The van der Waals surface area contributed by atoms with Crippen molar-refractivity contribution in [2.75, 3.05) is 32.7 Å². The summed E-state index contributed by atoms with van der Waals surface area (Å²) in [7, 11) is 0. The van der Waals surface area contributed by atoms with Crippen molar-refractivity contribution >= 4 is 17.2 Å². The van der Waals surface area contributed by atoms with Crippen LogP contribution in [0.4, 0.5) is 0 Å². The number of nitrogens with zero attached hydrogens (tertiary/aromatic N) is 2. The number of carbonyl (C=O) groups is 1. The SMILES string of the molecule is C=CCn1c(C)cc(-c2csc(C[NH+]3CC[NH+](CC(=O)NC(C)(C)C)CC3)n2)c1C. The maximum Gasteiger partial charge on any atom is 0.275 e. The Morgan fingerprint density at radius 2 is 1.93 bits per heavy atom. The summed E-state index contributed by atoms with van der Waals surface area (Å²) in [6, 6.07) is 2.23. The molecule has 0 atom stereocenters. The van der Waals surface area contributed by atoms with Crippen molar-refractivity contribution in [3.8, 4) is 11.3 Å². The largest absolute Gasteiger partial charge is 0.347 e. The highest BCUT2D eigenvalue weighted by Gasteiger charge is 2.27. The molecule has 0 spiro atoms. The van der Waals surface area contributed by atoms with Crippen LogP contribution in [0.3, 0.4) is 0 Å². The molecule has 2 aromatic rings. The fourth-order valence-electron chi connectivity index (χ4n) is 4.20. The second-order valence-electron chi connectivity index (χ2n) is 9.46. The Morgan fingerprint density at radius 3 is 2.57 bits per heavy atom. The van der Waals surface area contributed by atoms with Gasteiger partial charge in [0.15, 0.2) is 6.54 Å². The predicted molar refractivity (Wildman–Crippen MR) is 123 cm³/mol. The summed E-state index contributed by atoms with van der Waals surface area (Å²) >= 11 is 1.76. The van der Waals surface area contributed by atoms with Crippen molar-refractivity contribution in [1.29, 1.82) is 0 Å². The van der Waals surface area contributed by atoms with E-state index in [4.69, 9.17) is 4.98 Å². The average molecular weight is 432 g/mol. The Morgan fingerprint density at radius 1 is 1.27 bits per heavy atom. The monoisotopic (exact) mass is 431 g/mol. The number of nitrogens with one attached hydrogen (secondary N) is 3. The molecule has 1 amide bonds. The van der Waals surface area contributed by atoms with Gasteiger partial charge in [0.2, 0.25) is 0 Å². The number of rotatable bonds is 7. The van der Waals surface area contributed by atoms with Gasteiger partial charge >= 0.3 is 0 Å². The number of hydrogen-bond acceptors (Lipinski definition) is 3. The summed E-state index contributed by atoms with van der Waals surface area (Å²) in [6.45, 7) is 20.9. The molecule has 0 aliphatic carbocycles. The highest BCUT2D eigenvalue weighted by molar-refractivity contribution is 7.09. The highest BCUT2D eigenvalue weighted by atomic mass is 32.1. The number of carbonyl (C=O) groups excluding carboxylic acids is 1. The number of aromatic nitrogens is 2. The van der Waals surface area contributed by atoms with Gasteiger partial charge in [-0.25, -0.2) is 4.98 Å². The summed E-state index contributed by atoms with van der Waals surface area (Å²) in [5, 5.41) is 6.46. The van der Waals surface area contributed by atoms with Gasteiger partial charge in [-0.15, -0.1) is 17.9 Å². The molecule has 3 N–H and O–H groups in total. The zero-order valence-corrected chi connectivity index (χ0v) is 19.9. The quantitative estimate of drug-likeness (QED) is 0.563. The molecule has 0 unspecified atom stereocenters. The van der Waals surface area contributed by atoms with E-state index in [1.807, 2.05) is 26.8 Å². The predicted octanol–water partition coefficient (Wildman–Crippen LogP) is 0.613. The molecule has 6 nitrogen and oxygen atoms in total. The molecule has 0 saturated carbocycles. The first-order chi connectivity index (χ1) is 14.2. The first kappa shape index (κ1) is 22.7. The third-order valence-corrected chi connectivity index (χ3v) is 6.55. The van der Waals surface area contributed by atoms with E-state index in [1.54, 1.807) is 16.2 Å². The number of piperazine rings is 1. The van der Waals surface area contributed by atoms with Gasteiger partial charge in [0.1, 0.15) is 37.7 Å². The van der Waals surface area contributed by atoms with E-state index < -0.39 is 0 Å². The van der Waals surface area contributed by atoms with E-state index in [0.717, 1.165) is 45.0 Å². The van der Waals surface area contributed by atoms with E-state index in [1.165, 1.54) is 26.9 Å². The highest BCUT2D eigenvalue weighted by Crippen LogP contribution is 2.28. The first-order valence-electron chi connectivity index (χ1n) is 10.9. The van der Waals surface area contributed by atoms with E-state index in [9.17, 15) is 4.79 Å². The average Bonchev–Trinajstić information content (AvgIpc) is 3.21. The molecule has 0 radical (unpaired) electrons. The number of thiazole rings is 1. The van der Waals surface area contributed by atoms with Crippen molar-refractivity contribution in [3.63, 3.8) is 0 Å². The number of amides is 1. The molecule has 1 aliphatic rings. The van der Waals surface area contributed by atoms with Gasteiger partial charge in [-0.3, -0.25) is 4.79 Å². The molecule has 3 heterocycles. The molecule has 30 heavy (non-hydrogen) atoms. The van der Waals surface area contributed by atoms with Crippen LogP contribution in [0.25, 0.3) is 11.3 Å². The zero-order valence-electron chi connectivity index (χ0n) is 19.1. The van der Waals surface area contributed by atoms with Crippen LogP contribution in [-0.2, 0) is 17.9 Å². The molecule has 1 fully saturated rings. The lowest BCUT2D eigenvalue weighted by atomic mass is 10.1. The Balaban J connectivity index is 1.54. The smallest absolute Gasteiger partial charge is 0.275 e. The van der Waals surface area contributed by atoms with Crippen LogP contribution < -0.4 is 15.1 Å². The van der Waals surface area contributed by atoms with Crippen LogP contribution in [0, 0.1) is 13.8 Å². The summed E-state index contributed by atoms with van der Waals surface area (Å²) in [6.07, 6.45) is 1.94. The lowest BCUT2D eigenvalue weighted by Crippen LogP contribution is -3.28. The number of hydrogen-bond donors (Lipinski definition) is 3. The molecule has 1 saturated heterocycles. The van der Waals surface area contributed by atoms with Gasteiger partial charge in [-0.2, -0.15) is 0 Å². The van der Waals surface area contributed by atoms with Crippen LogP contribution in [0.15, 0.2) is 24.1 Å². The van der Waals surface area contributed by atoms with Crippen molar-refractivity contribution in [3.05, 3.63) is 40.5 Å². The molecule has 3 rings (SSSR count). The van der Waals surface area contributed by atoms with Crippen LogP contribution in [-0.4, -0.2) is 53.7 Å². The van der Waals surface area contributed by atoms with Crippen molar-refractivity contribution in [2.24, 2.45) is 0 Å². The third kappa shape index (κ3) is 5.80. The van der Waals surface area contributed by atoms with Crippen molar-refractivity contribution in [2.45, 2.75) is 53.2 Å². The second kappa shape index (κ2) is 9.45. The molecule has 0 bridgehead atoms. The van der Waals surface area contributed by atoms with E-state index in [2.05, 4.69) is 41.8 Å². The summed E-state index contributed by atoms with van der Waals surface area (Å²) in [5.41, 5.74) is 4.65. The fourth-order valence-corrected chi connectivity index (χ4v) is 5.07. The van der Waals surface area contributed by atoms with Gasteiger partial charge < -0.3 is 19.7 Å². The molecule has 0 aromatic carbocycles. The van der Waals surface area contributed by atoms with E-state index in [-0.39, 0.29) is 11.4 Å². The second-order valence-corrected chi connectivity index (χ2v) is 10.4. The maximum atomic E-state index is 12.2. The van der Waals surface area contributed by atoms with E-state index >= 15 is 0 Å². The van der Waals surface area contributed by atoms with Gasteiger partial charge in [0.05, 0.1) is 5.69 Å². The molecule has 2 aromatic heterocycles. The standard InChI is InChI=1S/C23H35N5OS/c1-7-8-28-17(2)13-19(18(28)3)20-16-30-22(24-20)15-27-11-9-26(10-12-27)14-21(29)25-23(4,5)6/h7,13,16H,1,8-12,14-15H2,2-6H3,(H,25,29)/p+2. The number of aryl methyl sites for hydroxylation is 1. The molecular formula is C23H37N5OS+2. The van der Waals surface area contributed by atoms with Gasteiger partial charge in [-0.1, -0.05) is 6.08 Å². The lowest BCUT2D eigenvalue weighted by molar-refractivity contribution is -1.02. The topological polar surface area (TPSA) is 55.8 Å². The van der Waals surface area contributed by atoms with Gasteiger partial charge in [-0.05, 0) is 40.7 Å². The van der Waals surface area contributed by atoms with Gasteiger partial charge in [0, 0.05) is 34.4 Å². The van der Waals surface area contributed by atoms with Crippen LogP contribution >= 0.6 is 11.3 Å². The molecule has 164 valence electrons. The molecule has 7 heteroatoms. The maximum absolute atomic E-state index is 12.2. The van der Waals surface area contributed by atoms with Gasteiger partial charge in [0.25, 0.3) is 5.91 Å². The first-order valence-corrected chi connectivity index (χ1v) is 11.7. The van der Waals surface area contributed by atoms with Crippen LogP contribution in [0.5, 0.6) is 0 Å². The fraction of sp³-hybridized carbons (Fsp3) is 0.565. The van der Waals surface area contributed by atoms with Crippen LogP contribution in [0.1, 0.15) is 37.2 Å². The van der Waals surface area contributed by atoms with Crippen LogP contribution in [0.2, 0.25) is 0 Å². The normalized spacial score (nSPS) is 19.6. The Kier molecular flexibility index (Phi) is 7.16. The summed E-state index contributed by atoms with van der Waals surface area (Å²) < 4.78 is 2.28. The summed E-state index contributed by atoms with van der Waals surface area (Å²) in [4.78, 5) is 20.1. The van der Waals surface area contributed by atoms with Crippen molar-refractivity contribution < 1.29 is 14.6 Å². The zero-order chi connectivity index (χ0) is 21.9. The minimum Gasteiger partial charge on any atom is -0.347 e. The molecule has 1 aliphatic heterocycles.